The summed E-state index contributed by atoms with van der Waals surface area (Å²) in [5.41, 5.74) is 0.363. The van der Waals surface area contributed by atoms with Gasteiger partial charge in [0.1, 0.15) is 11.6 Å². The molecule has 2 heterocycles. The molecule has 4 nitrogen and oxygen atoms in total. The Balaban J connectivity index is 1.91. The Morgan fingerprint density at radius 1 is 1.32 bits per heavy atom. The highest BCUT2D eigenvalue weighted by Crippen LogP contribution is 2.55. The Kier molecular flexibility index (Phi) is 4.55. The number of hydrogen-bond donors (Lipinski definition) is 0. The first-order valence-electron chi connectivity index (χ1n) is 10.1. The van der Waals surface area contributed by atoms with Gasteiger partial charge in [-0.3, -0.25) is 9.36 Å². The molecule has 2 aliphatic rings. The molecular weight excluding hydrogens is 362 g/mol. The van der Waals surface area contributed by atoms with Crippen molar-refractivity contribution in [2.75, 3.05) is 6.61 Å². The Morgan fingerprint density at radius 3 is 2.79 bits per heavy atom. The third-order valence-corrected chi connectivity index (χ3v) is 6.26. The fourth-order valence-electron chi connectivity index (χ4n) is 4.70. The Labute approximate surface area is 163 Å². The topological polar surface area (TPSA) is 44.1 Å². The summed E-state index contributed by atoms with van der Waals surface area (Å²) >= 11 is 0. The molecule has 0 amide bonds. The van der Waals surface area contributed by atoms with Crippen molar-refractivity contribution in [2.24, 2.45) is 0 Å². The van der Waals surface area contributed by atoms with Gasteiger partial charge in [0.05, 0.1) is 22.9 Å². The van der Waals surface area contributed by atoms with Gasteiger partial charge in [-0.25, -0.2) is 13.8 Å². The molecule has 2 aromatic rings. The van der Waals surface area contributed by atoms with Crippen LogP contribution in [0.25, 0.3) is 16.7 Å². The smallest absolute Gasteiger partial charge is 0.261 e. The highest BCUT2D eigenvalue weighted by atomic mass is 19.3. The number of unbranched alkanes of at least 4 members (excludes halogenated alkanes) is 1. The Morgan fingerprint density at radius 2 is 2.11 bits per heavy atom. The van der Waals surface area contributed by atoms with Gasteiger partial charge in [-0.2, -0.15) is 0 Å². The molecule has 1 saturated carbocycles. The largest absolute Gasteiger partial charge is 0.494 e. The molecule has 0 radical (unpaired) electrons. The summed E-state index contributed by atoms with van der Waals surface area (Å²) in [6, 6.07) is 3.65. The molecule has 6 heteroatoms. The van der Waals surface area contributed by atoms with Crippen molar-refractivity contribution < 1.29 is 13.5 Å². The van der Waals surface area contributed by atoms with Gasteiger partial charge < -0.3 is 4.74 Å². The highest BCUT2D eigenvalue weighted by molar-refractivity contribution is 5.89. The molecule has 1 unspecified atom stereocenters. The van der Waals surface area contributed by atoms with Gasteiger partial charge in [0.15, 0.2) is 0 Å². The first-order valence-corrected chi connectivity index (χ1v) is 10.1. The second-order valence-electron chi connectivity index (χ2n) is 8.12. The van der Waals surface area contributed by atoms with E-state index >= 15 is 0 Å². The van der Waals surface area contributed by atoms with Gasteiger partial charge >= 0.3 is 0 Å². The van der Waals surface area contributed by atoms with E-state index in [-0.39, 0.29) is 24.2 Å². The van der Waals surface area contributed by atoms with Crippen LogP contribution in [0.15, 0.2) is 23.5 Å². The molecule has 0 bridgehead atoms. The normalized spacial score (nSPS) is 22.7. The van der Waals surface area contributed by atoms with E-state index in [0.29, 0.717) is 48.2 Å². The number of nitrogens with zero attached hydrogens (tertiary/aromatic N) is 2. The summed E-state index contributed by atoms with van der Waals surface area (Å²) < 4.78 is 36.9. The van der Waals surface area contributed by atoms with E-state index in [9.17, 15) is 13.6 Å². The molecule has 28 heavy (non-hydrogen) atoms. The number of aromatic nitrogens is 2. The van der Waals surface area contributed by atoms with Crippen molar-refractivity contribution in [3.05, 3.63) is 46.0 Å². The number of halogens is 2. The predicted octanol–water partition coefficient (Wildman–Crippen LogP) is 4.95. The molecule has 0 saturated heterocycles. The average molecular weight is 388 g/mol. The van der Waals surface area contributed by atoms with Crippen molar-refractivity contribution in [3.63, 3.8) is 0 Å². The number of alkyl halides is 2. The fourth-order valence-corrected chi connectivity index (χ4v) is 4.70. The SMILES string of the molecule is C=C(OCCCC)c1cc(C)cc2c(=O)n3c(nc12)C1(CCCC1(F)F)CC3. The summed E-state index contributed by atoms with van der Waals surface area (Å²) in [4.78, 5) is 17.8. The monoisotopic (exact) mass is 388 g/mol. The Bertz CT molecular complexity index is 1010. The van der Waals surface area contributed by atoms with Crippen LogP contribution in [-0.2, 0) is 16.7 Å². The number of hydrogen-bond acceptors (Lipinski definition) is 3. The van der Waals surface area contributed by atoms with Crippen LogP contribution in [0.2, 0.25) is 0 Å². The molecule has 1 spiro atoms. The van der Waals surface area contributed by atoms with E-state index in [0.717, 1.165) is 18.4 Å². The van der Waals surface area contributed by atoms with Crippen LogP contribution in [0.3, 0.4) is 0 Å². The molecule has 1 atom stereocenters. The predicted molar refractivity (Wildman–Crippen MR) is 106 cm³/mol. The molecule has 150 valence electrons. The third kappa shape index (κ3) is 2.68. The van der Waals surface area contributed by atoms with E-state index in [1.165, 1.54) is 4.57 Å². The first kappa shape index (κ1) is 19.1. The maximum absolute atomic E-state index is 14.8. The molecule has 1 fully saturated rings. The van der Waals surface area contributed by atoms with E-state index in [1.807, 2.05) is 13.0 Å². The van der Waals surface area contributed by atoms with Crippen molar-refractivity contribution in [2.45, 2.75) is 70.3 Å². The lowest BCUT2D eigenvalue weighted by Gasteiger charge is -2.30. The Hall–Kier alpha value is -2.24. The van der Waals surface area contributed by atoms with Crippen LogP contribution < -0.4 is 5.56 Å². The van der Waals surface area contributed by atoms with Crippen LogP contribution in [0, 0.1) is 6.92 Å². The van der Waals surface area contributed by atoms with Gasteiger partial charge in [0.2, 0.25) is 0 Å². The maximum atomic E-state index is 14.8. The summed E-state index contributed by atoms with van der Waals surface area (Å²) in [5.74, 6) is -2.17. The molecule has 1 aromatic carbocycles. The van der Waals surface area contributed by atoms with E-state index < -0.39 is 11.3 Å². The van der Waals surface area contributed by atoms with Crippen molar-refractivity contribution in [3.8, 4) is 0 Å². The molecule has 1 aliphatic heterocycles. The molecule has 4 rings (SSSR count). The fraction of sp³-hybridized carbons (Fsp3) is 0.545. The van der Waals surface area contributed by atoms with E-state index in [1.54, 1.807) is 6.07 Å². The van der Waals surface area contributed by atoms with Gasteiger partial charge in [0.25, 0.3) is 11.5 Å². The van der Waals surface area contributed by atoms with Crippen LogP contribution in [0.4, 0.5) is 8.78 Å². The van der Waals surface area contributed by atoms with Crippen molar-refractivity contribution in [1.82, 2.24) is 9.55 Å². The van der Waals surface area contributed by atoms with Crippen molar-refractivity contribution in [1.29, 1.82) is 0 Å². The van der Waals surface area contributed by atoms with E-state index in [2.05, 4.69) is 18.5 Å². The van der Waals surface area contributed by atoms with Crippen LogP contribution in [0.5, 0.6) is 0 Å². The molecule has 1 aliphatic carbocycles. The summed E-state index contributed by atoms with van der Waals surface area (Å²) in [7, 11) is 0. The minimum Gasteiger partial charge on any atom is -0.494 e. The number of fused-ring (bicyclic) bond motifs is 3. The number of aryl methyl sites for hydroxylation is 1. The number of ether oxygens (including phenoxy) is 1. The van der Waals surface area contributed by atoms with Crippen LogP contribution in [-0.4, -0.2) is 22.1 Å². The quantitative estimate of drug-likeness (QED) is 0.538. The lowest BCUT2D eigenvalue weighted by atomic mass is 9.81. The zero-order valence-electron chi connectivity index (χ0n) is 16.5. The molecule has 1 aromatic heterocycles. The highest BCUT2D eigenvalue weighted by Gasteiger charge is 2.62. The minimum atomic E-state index is -2.84. The second kappa shape index (κ2) is 6.68. The van der Waals surface area contributed by atoms with Crippen molar-refractivity contribution >= 4 is 16.7 Å². The van der Waals surface area contributed by atoms with Gasteiger partial charge in [0, 0.05) is 18.5 Å². The van der Waals surface area contributed by atoms with Crippen LogP contribution >= 0.6 is 0 Å². The zero-order chi connectivity index (χ0) is 20.1. The van der Waals surface area contributed by atoms with Gasteiger partial charge in [-0.05, 0) is 50.3 Å². The first-order chi connectivity index (χ1) is 13.3. The summed E-state index contributed by atoms with van der Waals surface area (Å²) in [6.07, 6.45) is 2.83. The summed E-state index contributed by atoms with van der Waals surface area (Å²) in [6.45, 7) is 8.80. The third-order valence-electron chi connectivity index (χ3n) is 6.26. The molecule has 0 N–H and O–H groups in total. The zero-order valence-corrected chi connectivity index (χ0v) is 16.5. The lowest BCUT2D eigenvalue weighted by molar-refractivity contribution is -0.0584. The maximum Gasteiger partial charge on any atom is 0.261 e. The minimum absolute atomic E-state index is 0.144. The molecular formula is C22H26F2N2O2. The van der Waals surface area contributed by atoms with Crippen LogP contribution in [0.1, 0.15) is 62.4 Å². The lowest BCUT2D eigenvalue weighted by Crippen LogP contribution is -2.40. The second-order valence-corrected chi connectivity index (χ2v) is 8.12. The number of benzene rings is 1. The van der Waals surface area contributed by atoms with Gasteiger partial charge in [-0.1, -0.05) is 19.9 Å². The number of rotatable bonds is 5. The van der Waals surface area contributed by atoms with E-state index in [4.69, 9.17) is 4.74 Å². The standard InChI is InChI=1S/C22H26F2N2O2/c1-4-5-11-28-15(3)16-12-14(2)13-17-18(16)25-20-21(7-6-8-22(21,23)24)9-10-26(20)19(17)27/h12-13H,3-11H2,1-2H3. The summed E-state index contributed by atoms with van der Waals surface area (Å²) in [5, 5.41) is 0.442. The average Bonchev–Trinajstić information content (AvgIpc) is 3.17. The van der Waals surface area contributed by atoms with Gasteiger partial charge in [-0.15, -0.1) is 0 Å².